The van der Waals surface area contributed by atoms with Gasteiger partial charge in [-0.1, -0.05) is 48.5 Å². The normalized spacial score (nSPS) is 17.0. The molecular formula is C19H20N4OS. The zero-order valence-corrected chi connectivity index (χ0v) is 15.2. The summed E-state index contributed by atoms with van der Waals surface area (Å²) in [6.07, 6.45) is 4.16. The van der Waals surface area contributed by atoms with Gasteiger partial charge < -0.3 is 0 Å². The van der Waals surface area contributed by atoms with Crippen LogP contribution in [0.5, 0.6) is 0 Å². The van der Waals surface area contributed by atoms with E-state index in [1.54, 1.807) is 22.5 Å². The summed E-state index contributed by atoms with van der Waals surface area (Å²) in [5.74, 6) is 1.88. The molecule has 1 atom stereocenters. The molecule has 1 aromatic carbocycles. The lowest BCUT2D eigenvalue weighted by molar-refractivity contribution is 0.0962. The summed E-state index contributed by atoms with van der Waals surface area (Å²) in [5, 5.41) is 5.16. The lowest BCUT2D eigenvalue weighted by Gasteiger charge is -2.23. The van der Waals surface area contributed by atoms with Crippen molar-refractivity contribution in [2.24, 2.45) is 0 Å². The molecule has 2 heterocycles. The average molecular weight is 352 g/mol. The number of benzene rings is 1. The molecule has 0 saturated carbocycles. The van der Waals surface area contributed by atoms with Crippen LogP contribution in [-0.4, -0.2) is 31.1 Å². The van der Waals surface area contributed by atoms with Gasteiger partial charge in [-0.25, -0.2) is 9.50 Å². The molecule has 4 rings (SSSR count). The monoisotopic (exact) mass is 352 g/mol. The highest BCUT2D eigenvalue weighted by Crippen LogP contribution is 2.32. The van der Waals surface area contributed by atoms with Gasteiger partial charge in [-0.3, -0.25) is 4.79 Å². The first kappa shape index (κ1) is 16.3. The minimum Gasteiger partial charge on any atom is -0.294 e. The topological polar surface area (TPSA) is 60.1 Å². The number of aryl methyl sites for hydroxylation is 1. The Labute approximate surface area is 150 Å². The van der Waals surface area contributed by atoms with Gasteiger partial charge in [-0.2, -0.15) is 4.98 Å². The van der Waals surface area contributed by atoms with Gasteiger partial charge in [0, 0.05) is 18.4 Å². The molecule has 0 bridgehead atoms. The number of Topliss-reactive ketones (excluding diaryl/α,β-unsaturated/α-hetero) is 1. The predicted molar refractivity (Wildman–Crippen MR) is 98.4 cm³/mol. The molecule has 25 heavy (non-hydrogen) atoms. The van der Waals surface area contributed by atoms with Crippen LogP contribution in [0.25, 0.3) is 5.78 Å². The molecule has 128 valence electrons. The van der Waals surface area contributed by atoms with Gasteiger partial charge in [0.15, 0.2) is 5.78 Å². The van der Waals surface area contributed by atoms with Gasteiger partial charge in [0.1, 0.15) is 0 Å². The third kappa shape index (κ3) is 3.18. The molecule has 2 aromatic heterocycles. The summed E-state index contributed by atoms with van der Waals surface area (Å²) in [7, 11) is 0. The summed E-state index contributed by atoms with van der Waals surface area (Å²) < 4.78 is 1.64. The Morgan fingerprint density at radius 2 is 2.16 bits per heavy atom. The number of aromatic nitrogens is 4. The Kier molecular flexibility index (Phi) is 4.29. The van der Waals surface area contributed by atoms with Crippen molar-refractivity contribution < 1.29 is 4.79 Å². The summed E-state index contributed by atoms with van der Waals surface area (Å²) >= 11 is 1.62. The molecule has 0 aliphatic heterocycles. The predicted octanol–water partition coefficient (Wildman–Crippen LogP) is 3.85. The van der Waals surface area contributed by atoms with E-state index < -0.39 is 0 Å². The van der Waals surface area contributed by atoms with Crippen molar-refractivity contribution in [2.75, 3.05) is 5.75 Å². The Morgan fingerprint density at radius 1 is 1.28 bits per heavy atom. The van der Waals surface area contributed by atoms with Crippen LogP contribution in [0.1, 0.15) is 52.9 Å². The van der Waals surface area contributed by atoms with E-state index in [0.717, 1.165) is 29.4 Å². The third-order valence-corrected chi connectivity index (χ3v) is 5.56. The van der Waals surface area contributed by atoms with E-state index >= 15 is 0 Å². The summed E-state index contributed by atoms with van der Waals surface area (Å²) in [6, 6.07) is 8.40. The molecule has 0 radical (unpaired) electrons. The largest absolute Gasteiger partial charge is 0.294 e. The van der Waals surface area contributed by atoms with Gasteiger partial charge in [0.2, 0.25) is 5.16 Å². The van der Waals surface area contributed by atoms with Crippen LogP contribution < -0.4 is 0 Å². The molecule has 1 unspecified atom stereocenters. The Bertz CT molecular complexity index is 950. The maximum atomic E-state index is 12.7. The number of carbonyl (C=O) groups is 1. The van der Waals surface area contributed by atoms with Crippen LogP contribution in [0.15, 0.2) is 35.6 Å². The van der Waals surface area contributed by atoms with Crippen LogP contribution in [0.3, 0.4) is 0 Å². The van der Waals surface area contributed by atoms with Crippen LogP contribution in [0.2, 0.25) is 0 Å². The van der Waals surface area contributed by atoms with Crippen LogP contribution >= 0.6 is 11.8 Å². The first-order chi connectivity index (χ1) is 12.1. The quantitative estimate of drug-likeness (QED) is 0.668. The van der Waals surface area contributed by atoms with Gasteiger partial charge in [-0.05, 0) is 31.2 Å². The number of fused-ring (bicyclic) bond motifs is 2. The number of carbonyl (C=O) groups excluding carboxylic acids is 1. The Hall–Kier alpha value is -2.21. The number of hydrogen-bond donors (Lipinski definition) is 0. The highest BCUT2D eigenvalue weighted by Gasteiger charge is 2.28. The third-order valence-electron chi connectivity index (χ3n) is 4.51. The fourth-order valence-electron chi connectivity index (χ4n) is 3.28. The second-order valence-corrected chi connectivity index (χ2v) is 7.59. The molecule has 0 N–H and O–H groups in total. The molecule has 1 aliphatic carbocycles. The minimum absolute atomic E-state index is 0.139. The number of rotatable bonds is 4. The van der Waals surface area contributed by atoms with E-state index in [4.69, 9.17) is 0 Å². The second kappa shape index (κ2) is 6.59. The van der Waals surface area contributed by atoms with E-state index in [-0.39, 0.29) is 11.7 Å². The zero-order valence-electron chi connectivity index (χ0n) is 14.4. The van der Waals surface area contributed by atoms with Gasteiger partial charge in [-0.15, -0.1) is 5.10 Å². The van der Waals surface area contributed by atoms with Gasteiger partial charge in [0.25, 0.3) is 5.78 Å². The standard InChI is InChI=1S/C19H20N4OS/c1-3-7-25-19-21-18-20-16-9-14(13-6-4-5-12(2)8-13)10-17(24)15(16)11-23(18)22-19/h4-6,8,11,14H,3,7,9-10H2,1-2H3. The molecule has 3 aromatic rings. The first-order valence-corrected chi connectivity index (χ1v) is 9.61. The molecule has 0 saturated heterocycles. The molecule has 6 heteroatoms. The second-order valence-electron chi connectivity index (χ2n) is 6.53. The fourth-order valence-corrected chi connectivity index (χ4v) is 3.96. The maximum absolute atomic E-state index is 12.7. The number of hydrogen-bond acceptors (Lipinski definition) is 5. The van der Waals surface area contributed by atoms with E-state index in [1.165, 1.54) is 11.1 Å². The van der Waals surface area contributed by atoms with Crippen molar-refractivity contribution in [1.29, 1.82) is 0 Å². The molecule has 0 fully saturated rings. The number of ketones is 1. The number of thioether (sulfide) groups is 1. The average Bonchev–Trinajstić information content (AvgIpc) is 3.00. The highest BCUT2D eigenvalue weighted by atomic mass is 32.2. The summed E-state index contributed by atoms with van der Waals surface area (Å²) in [4.78, 5) is 21.8. The fraction of sp³-hybridized carbons (Fsp3) is 0.368. The lowest BCUT2D eigenvalue weighted by Crippen LogP contribution is -2.21. The van der Waals surface area contributed by atoms with Crippen LogP contribution in [0, 0.1) is 6.92 Å². The van der Waals surface area contributed by atoms with Gasteiger partial charge in [0.05, 0.1) is 11.3 Å². The summed E-state index contributed by atoms with van der Waals surface area (Å²) in [5.41, 5.74) is 3.96. The van der Waals surface area contributed by atoms with Crippen molar-refractivity contribution in [3.8, 4) is 0 Å². The van der Waals surface area contributed by atoms with Crippen LogP contribution in [0.4, 0.5) is 0 Å². The Balaban J connectivity index is 1.69. The molecule has 0 amide bonds. The Morgan fingerprint density at radius 3 is 2.96 bits per heavy atom. The van der Waals surface area contributed by atoms with Crippen molar-refractivity contribution in [3.63, 3.8) is 0 Å². The lowest BCUT2D eigenvalue weighted by atomic mass is 9.82. The van der Waals surface area contributed by atoms with Crippen LogP contribution in [-0.2, 0) is 6.42 Å². The first-order valence-electron chi connectivity index (χ1n) is 8.63. The summed E-state index contributed by atoms with van der Waals surface area (Å²) in [6.45, 7) is 4.21. The van der Waals surface area contributed by atoms with Crippen molar-refractivity contribution >= 4 is 23.3 Å². The van der Waals surface area contributed by atoms with Crippen molar-refractivity contribution in [3.05, 3.63) is 52.8 Å². The smallest absolute Gasteiger partial charge is 0.253 e. The maximum Gasteiger partial charge on any atom is 0.253 e. The van der Waals surface area contributed by atoms with Gasteiger partial charge >= 0.3 is 0 Å². The molecular weight excluding hydrogens is 332 g/mol. The molecule has 0 spiro atoms. The minimum atomic E-state index is 0.139. The van der Waals surface area contributed by atoms with E-state index in [1.807, 2.05) is 0 Å². The van der Waals surface area contributed by atoms with Crippen molar-refractivity contribution in [1.82, 2.24) is 19.6 Å². The zero-order chi connectivity index (χ0) is 17.4. The van der Waals surface area contributed by atoms with Crippen molar-refractivity contribution in [2.45, 2.75) is 44.2 Å². The molecule has 5 nitrogen and oxygen atoms in total. The SMILES string of the molecule is CCCSc1nc2nc3c(cn2n1)C(=O)CC(c1cccc(C)c1)C3. The highest BCUT2D eigenvalue weighted by molar-refractivity contribution is 7.99. The van der Waals surface area contributed by atoms with E-state index in [2.05, 4.69) is 53.2 Å². The van der Waals surface area contributed by atoms with E-state index in [0.29, 0.717) is 17.8 Å². The molecule has 1 aliphatic rings. The number of nitrogens with zero attached hydrogens (tertiary/aromatic N) is 4. The van der Waals surface area contributed by atoms with E-state index in [9.17, 15) is 4.79 Å².